The van der Waals surface area contributed by atoms with Gasteiger partial charge in [-0.2, -0.15) is 0 Å². The molecule has 0 saturated heterocycles. The van der Waals surface area contributed by atoms with Crippen molar-refractivity contribution in [2.75, 3.05) is 0 Å². The molecule has 2 aliphatic carbocycles. The minimum Gasteiger partial charge on any atom is -0.460 e. The molecule has 2 saturated carbocycles. The van der Waals surface area contributed by atoms with Gasteiger partial charge in [-0.3, -0.25) is 4.79 Å². The second kappa shape index (κ2) is 6.82. The maximum Gasteiger partial charge on any atom is 0.308 e. The Bertz CT molecular complexity index is 566. The lowest BCUT2D eigenvalue weighted by Gasteiger charge is -2.38. The summed E-state index contributed by atoms with van der Waals surface area (Å²) in [6.07, 6.45) is 8.15. The van der Waals surface area contributed by atoms with Crippen molar-refractivity contribution < 1.29 is 13.9 Å². The highest BCUT2D eigenvalue weighted by Crippen LogP contribution is 2.39. The summed E-state index contributed by atoms with van der Waals surface area (Å²) in [5, 5.41) is 11.8. The smallest absolute Gasteiger partial charge is 0.308 e. The van der Waals surface area contributed by atoms with Crippen LogP contribution in [0.4, 0.5) is 0 Å². The molecule has 6 nitrogen and oxygen atoms in total. The van der Waals surface area contributed by atoms with E-state index >= 15 is 0 Å². The summed E-state index contributed by atoms with van der Waals surface area (Å²) in [6.45, 7) is 6.24. The number of carbonyl (C=O) groups is 1. The number of hydrogen-bond donors (Lipinski definition) is 1. The van der Waals surface area contributed by atoms with E-state index in [0.717, 1.165) is 44.4 Å². The molecule has 0 radical (unpaired) electrons. The van der Waals surface area contributed by atoms with Crippen molar-refractivity contribution in [3.8, 4) is 0 Å². The minimum absolute atomic E-state index is 0.138. The highest BCUT2D eigenvalue weighted by atomic mass is 16.6. The first-order chi connectivity index (χ1) is 11.4. The normalized spacial score (nSPS) is 20.8. The van der Waals surface area contributed by atoms with Crippen molar-refractivity contribution in [1.29, 1.82) is 0 Å². The minimum atomic E-state index is -0.446. The van der Waals surface area contributed by atoms with Crippen LogP contribution < -0.4 is 5.32 Å². The summed E-state index contributed by atoms with van der Waals surface area (Å²) < 4.78 is 11.3. The fourth-order valence-corrected chi connectivity index (χ4v) is 3.39. The molecule has 0 amide bonds. The zero-order valence-corrected chi connectivity index (χ0v) is 15.1. The standard InChI is InChI=1S/C18H29N3O3/c1-17(2,3)24-15(22)11-18(9-5-4-6-10-18)19-12-14-20-21-16(23-14)13-7-8-13/h13,19H,4-12H2,1-3H3. The molecule has 2 aliphatic rings. The van der Waals surface area contributed by atoms with E-state index in [1.54, 1.807) is 0 Å². The van der Waals surface area contributed by atoms with Gasteiger partial charge in [-0.05, 0) is 46.5 Å². The molecule has 0 bridgehead atoms. The molecule has 6 heteroatoms. The molecule has 0 aromatic carbocycles. The van der Waals surface area contributed by atoms with E-state index in [-0.39, 0.29) is 11.5 Å². The summed E-state index contributed by atoms with van der Waals surface area (Å²) in [7, 11) is 0. The number of nitrogens with zero attached hydrogens (tertiary/aromatic N) is 2. The third kappa shape index (κ3) is 4.79. The fourth-order valence-electron chi connectivity index (χ4n) is 3.39. The molecule has 1 aromatic heterocycles. The summed E-state index contributed by atoms with van der Waals surface area (Å²) in [4.78, 5) is 12.3. The summed E-state index contributed by atoms with van der Waals surface area (Å²) in [6, 6.07) is 0. The van der Waals surface area contributed by atoms with Crippen LogP contribution in [0.1, 0.15) is 89.8 Å². The largest absolute Gasteiger partial charge is 0.460 e. The first kappa shape index (κ1) is 17.4. The van der Waals surface area contributed by atoms with E-state index in [2.05, 4.69) is 15.5 Å². The van der Waals surface area contributed by atoms with E-state index in [0.29, 0.717) is 24.8 Å². The van der Waals surface area contributed by atoms with Gasteiger partial charge in [0.05, 0.1) is 13.0 Å². The third-order valence-electron chi connectivity index (χ3n) is 4.74. The Kier molecular flexibility index (Phi) is 4.95. The predicted octanol–water partition coefficient (Wildman–Crippen LogP) is 3.47. The Morgan fingerprint density at radius 2 is 1.96 bits per heavy atom. The van der Waals surface area contributed by atoms with Crippen LogP contribution in [0.3, 0.4) is 0 Å². The first-order valence-corrected chi connectivity index (χ1v) is 9.14. The first-order valence-electron chi connectivity index (χ1n) is 9.14. The third-order valence-corrected chi connectivity index (χ3v) is 4.74. The van der Waals surface area contributed by atoms with Gasteiger partial charge in [-0.1, -0.05) is 19.3 Å². The van der Waals surface area contributed by atoms with E-state index in [1.807, 2.05) is 20.8 Å². The van der Waals surface area contributed by atoms with Crippen molar-refractivity contribution in [3.63, 3.8) is 0 Å². The van der Waals surface area contributed by atoms with Gasteiger partial charge in [0.15, 0.2) is 0 Å². The van der Waals surface area contributed by atoms with Gasteiger partial charge >= 0.3 is 5.97 Å². The van der Waals surface area contributed by atoms with Gasteiger partial charge in [0.2, 0.25) is 11.8 Å². The zero-order valence-electron chi connectivity index (χ0n) is 15.1. The van der Waals surface area contributed by atoms with Crippen molar-refractivity contribution in [3.05, 3.63) is 11.8 Å². The summed E-state index contributed by atoms with van der Waals surface area (Å²) in [5.41, 5.74) is -0.659. The van der Waals surface area contributed by atoms with Crippen LogP contribution in [-0.2, 0) is 16.1 Å². The van der Waals surface area contributed by atoms with Crippen LogP contribution in [0.5, 0.6) is 0 Å². The van der Waals surface area contributed by atoms with Crippen LogP contribution in [0, 0.1) is 0 Å². The maximum absolute atomic E-state index is 12.3. The topological polar surface area (TPSA) is 77.2 Å². The van der Waals surface area contributed by atoms with Crippen LogP contribution in [0.2, 0.25) is 0 Å². The summed E-state index contributed by atoms with van der Waals surface area (Å²) in [5.74, 6) is 1.71. The van der Waals surface area contributed by atoms with E-state index < -0.39 is 5.60 Å². The lowest BCUT2D eigenvalue weighted by molar-refractivity contribution is -0.157. The van der Waals surface area contributed by atoms with Crippen molar-refractivity contribution in [2.45, 2.75) is 95.7 Å². The molecule has 1 aromatic rings. The molecular formula is C18H29N3O3. The van der Waals surface area contributed by atoms with Gasteiger partial charge in [0.25, 0.3) is 0 Å². The van der Waals surface area contributed by atoms with Gasteiger partial charge in [-0.15, -0.1) is 10.2 Å². The second-order valence-electron chi connectivity index (χ2n) is 8.27. The molecule has 0 atom stereocenters. The number of rotatable bonds is 6. The molecule has 1 heterocycles. The van der Waals surface area contributed by atoms with Gasteiger partial charge in [-0.25, -0.2) is 0 Å². The average molecular weight is 335 g/mol. The van der Waals surface area contributed by atoms with Crippen LogP contribution in [-0.4, -0.2) is 27.3 Å². The monoisotopic (exact) mass is 335 g/mol. The van der Waals surface area contributed by atoms with Gasteiger partial charge in [0.1, 0.15) is 5.60 Å². The molecule has 1 N–H and O–H groups in total. The molecule has 3 rings (SSSR count). The molecule has 2 fully saturated rings. The SMILES string of the molecule is CC(C)(C)OC(=O)CC1(NCc2nnc(C3CC3)o2)CCCCC1. The highest BCUT2D eigenvalue weighted by Gasteiger charge is 2.36. The number of hydrogen-bond acceptors (Lipinski definition) is 6. The van der Waals surface area contributed by atoms with E-state index in [1.165, 1.54) is 6.42 Å². The van der Waals surface area contributed by atoms with Crippen LogP contribution in [0.25, 0.3) is 0 Å². The zero-order chi connectivity index (χ0) is 17.2. The second-order valence-corrected chi connectivity index (χ2v) is 8.27. The Balaban J connectivity index is 1.60. The van der Waals surface area contributed by atoms with Crippen LogP contribution in [0.15, 0.2) is 4.42 Å². The average Bonchev–Trinajstić information content (AvgIpc) is 3.23. The Morgan fingerprint density at radius 3 is 2.58 bits per heavy atom. The Hall–Kier alpha value is -1.43. The molecular weight excluding hydrogens is 306 g/mol. The number of nitrogens with one attached hydrogen (secondary N) is 1. The van der Waals surface area contributed by atoms with Crippen LogP contribution >= 0.6 is 0 Å². The van der Waals surface area contributed by atoms with Crippen molar-refractivity contribution in [2.24, 2.45) is 0 Å². The lowest BCUT2D eigenvalue weighted by atomic mass is 9.79. The van der Waals surface area contributed by atoms with Crippen molar-refractivity contribution in [1.82, 2.24) is 15.5 Å². The number of aromatic nitrogens is 2. The number of carbonyl (C=O) groups excluding carboxylic acids is 1. The number of ether oxygens (including phenoxy) is 1. The molecule has 24 heavy (non-hydrogen) atoms. The van der Waals surface area contributed by atoms with Gasteiger partial charge < -0.3 is 14.5 Å². The molecule has 0 unspecified atom stereocenters. The quantitative estimate of drug-likeness (QED) is 0.802. The molecule has 134 valence electrons. The van der Waals surface area contributed by atoms with E-state index in [9.17, 15) is 4.79 Å². The van der Waals surface area contributed by atoms with E-state index in [4.69, 9.17) is 9.15 Å². The fraction of sp³-hybridized carbons (Fsp3) is 0.833. The Labute approximate surface area is 143 Å². The maximum atomic E-state index is 12.3. The van der Waals surface area contributed by atoms with Crippen molar-refractivity contribution >= 4 is 5.97 Å². The predicted molar refractivity (Wildman–Crippen MR) is 89.4 cm³/mol. The molecule has 0 spiro atoms. The number of esters is 1. The lowest BCUT2D eigenvalue weighted by Crippen LogP contribution is -2.48. The van der Waals surface area contributed by atoms with Gasteiger partial charge in [0, 0.05) is 11.5 Å². The Morgan fingerprint density at radius 1 is 1.25 bits per heavy atom. The summed E-state index contributed by atoms with van der Waals surface area (Å²) >= 11 is 0. The molecule has 0 aliphatic heterocycles. The highest BCUT2D eigenvalue weighted by molar-refractivity contribution is 5.71.